The average molecular weight is 1030 g/mol. The van der Waals surface area contributed by atoms with Crippen molar-refractivity contribution < 1.29 is 37.3 Å². The first-order chi connectivity index (χ1) is 34.9. The Hall–Kier alpha value is -2.81. The van der Waals surface area contributed by atoms with Gasteiger partial charge in [0.05, 0.1) is 33.8 Å². The van der Waals surface area contributed by atoms with E-state index in [9.17, 15) is 19.0 Å². The molecule has 3 atom stereocenters. The molecule has 0 radical (unpaired) electrons. The van der Waals surface area contributed by atoms with E-state index in [1.54, 1.807) is 0 Å². The molecule has 0 aliphatic heterocycles. The molecular weight excluding hydrogens is 916 g/mol. The lowest BCUT2D eigenvalue weighted by Gasteiger charge is -2.27. The summed E-state index contributed by atoms with van der Waals surface area (Å²) in [6.07, 6.45) is 67.2. The van der Waals surface area contributed by atoms with Crippen molar-refractivity contribution in [2.24, 2.45) is 0 Å². The van der Waals surface area contributed by atoms with Crippen LogP contribution in [0.1, 0.15) is 245 Å². The van der Waals surface area contributed by atoms with Gasteiger partial charge < -0.3 is 19.4 Å². The number of hydrogen-bond acceptors (Lipinski definition) is 6. The number of unbranched alkanes of at least 4 members (excludes halogenated alkanes) is 24. The number of phosphoric acid groups is 1. The van der Waals surface area contributed by atoms with Gasteiger partial charge in [-0.15, -0.1) is 0 Å². The van der Waals surface area contributed by atoms with Gasteiger partial charge >= 0.3 is 13.8 Å². The second-order valence-corrected chi connectivity index (χ2v) is 22.2. The number of carbonyl (C=O) groups excluding carboxylic acids is 2. The lowest BCUT2D eigenvalue weighted by atomic mass is 10.0. The number of esters is 1. The van der Waals surface area contributed by atoms with Crippen molar-refractivity contribution in [2.45, 2.75) is 258 Å². The zero-order chi connectivity index (χ0) is 52.9. The molecule has 10 heteroatoms. The normalized spacial score (nSPS) is 14.4. The fourth-order valence-electron chi connectivity index (χ4n) is 8.02. The quantitative estimate of drug-likeness (QED) is 0.0205. The van der Waals surface area contributed by atoms with E-state index in [1.807, 2.05) is 33.3 Å². The van der Waals surface area contributed by atoms with Gasteiger partial charge in [-0.1, -0.05) is 215 Å². The number of rotatable bonds is 52. The Bertz CT molecular complexity index is 1510. The van der Waals surface area contributed by atoms with Crippen LogP contribution in [-0.2, 0) is 27.9 Å². The predicted octanol–water partition coefficient (Wildman–Crippen LogP) is 17.8. The van der Waals surface area contributed by atoms with Crippen molar-refractivity contribution >= 4 is 19.7 Å². The Morgan fingerprint density at radius 1 is 0.500 bits per heavy atom. The van der Waals surface area contributed by atoms with Gasteiger partial charge in [0.25, 0.3) is 0 Å². The van der Waals surface area contributed by atoms with Gasteiger partial charge in [-0.05, 0) is 102 Å². The highest BCUT2D eigenvalue weighted by atomic mass is 31.2. The second-order valence-electron chi connectivity index (χ2n) is 20.8. The van der Waals surface area contributed by atoms with Gasteiger partial charge in [-0.2, -0.15) is 0 Å². The van der Waals surface area contributed by atoms with Gasteiger partial charge in [0.1, 0.15) is 19.3 Å². The van der Waals surface area contributed by atoms with Crippen molar-refractivity contribution in [1.29, 1.82) is 0 Å². The van der Waals surface area contributed by atoms with Gasteiger partial charge in [-0.25, -0.2) is 4.57 Å². The average Bonchev–Trinajstić information content (AvgIpc) is 3.34. The minimum atomic E-state index is -4.46. The standard InChI is InChI=1S/C62H111N2O7P/c1-7-10-13-16-19-22-25-28-30-31-32-33-34-36-39-42-45-48-51-54-61(65)63-59(58-70-72(67,68)69-57-56-64(4,5)6)60(53-50-47-44-41-38-35-27-24-21-18-15-12-9-3)71-62(66)55-52-49-46-43-40-37-29-26-23-20-17-14-11-8-2/h11,14,19-20,22-23,28,30,32-33,36,39,50,53,59-60H,7-10,12-13,15-18,21,24-27,29,31,34-35,37-38,40-49,51-52,54-58H2,1-6H3,(H-,63,65,67,68)/p+1/b14-11+,22-19-,23-20+,30-28-,33-32-,39-36-,53-50-. The Balaban J connectivity index is 5.41. The molecule has 0 aliphatic carbocycles. The SMILES string of the molecule is CC/C=C/C/C=C/CCCCCCCCCC(=O)OC(/C=C\CCCCCCCCCCCCC)C(COP(=O)(O)OCC[N+](C)(C)C)NC(=O)CCCCC/C=C\C/C=C\C/C=C\C/C=C\CCCCC. The predicted molar refractivity (Wildman–Crippen MR) is 309 cm³/mol. The van der Waals surface area contributed by atoms with Crippen molar-refractivity contribution in [3.05, 3.63) is 85.1 Å². The Morgan fingerprint density at radius 2 is 0.889 bits per heavy atom. The maximum atomic E-state index is 13.5. The fourth-order valence-corrected chi connectivity index (χ4v) is 8.75. The zero-order valence-corrected chi connectivity index (χ0v) is 48.3. The summed E-state index contributed by atoms with van der Waals surface area (Å²) in [6.45, 7) is 6.84. The molecule has 0 spiro atoms. The van der Waals surface area contributed by atoms with Crippen LogP contribution < -0.4 is 5.32 Å². The van der Waals surface area contributed by atoms with Crippen LogP contribution in [0.25, 0.3) is 0 Å². The van der Waals surface area contributed by atoms with E-state index in [-0.39, 0.29) is 31.5 Å². The number of hydrogen-bond donors (Lipinski definition) is 2. The first-order valence-corrected chi connectivity index (χ1v) is 30.9. The van der Waals surface area contributed by atoms with Crippen LogP contribution in [-0.4, -0.2) is 74.3 Å². The molecule has 0 bridgehead atoms. The van der Waals surface area contributed by atoms with Crippen molar-refractivity contribution in [1.82, 2.24) is 5.32 Å². The van der Waals surface area contributed by atoms with E-state index >= 15 is 0 Å². The number of carbonyl (C=O) groups is 2. The summed E-state index contributed by atoms with van der Waals surface area (Å²) in [5.41, 5.74) is 0. The largest absolute Gasteiger partial charge is 0.472 e. The molecule has 0 heterocycles. The summed E-state index contributed by atoms with van der Waals surface area (Å²) >= 11 is 0. The van der Waals surface area contributed by atoms with Crippen LogP contribution in [0.3, 0.4) is 0 Å². The van der Waals surface area contributed by atoms with Gasteiger partial charge in [0.15, 0.2) is 0 Å². The molecule has 0 rings (SSSR count). The van der Waals surface area contributed by atoms with E-state index in [1.165, 1.54) is 103 Å². The van der Waals surface area contributed by atoms with Crippen molar-refractivity contribution in [2.75, 3.05) is 40.9 Å². The summed E-state index contributed by atoms with van der Waals surface area (Å²) in [6, 6.07) is -0.871. The maximum absolute atomic E-state index is 13.5. The molecule has 0 saturated carbocycles. The highest BCUT2D eigenvalue weighted by Gasteiger charge is 2.30. The van der Waals surface area contributed by atoms with Crippen molar-refractivity contribution in [3.63, 3.8) is 0 Å². The number of ether oxygens (including phenoxy) is 1. The highest BCUT2D eigenvalue weighted by molar-refractivity contribution is 7.47. The minimum Gasteiger partial charge on any atom is -0.456 e. The third kappa shape index (κ3) is 52.1. The van der Waals surface area contributed by atoms with Crippen LogP contribution in [0.4, 0.5) is 0 Å². The lowest BCUT2D eigenvalue weighted by Crippen LogP contribution is -2.47. The number of amides is 1. The zero-order valence-electron chi connectivity index (χ0n) is 47.4. The van der Waals surface area contributed by atoms with Gasteiger partial charge in [0.2, 0.25) is 5.91 Å². The smallest absolute Gasteiger partial charge is 0.456 e. The molecule has 0 fully saturated rings. The molecule has 0 aromatic heterocycles. The van der Waals surface area contributed by atoms with Crippen LogP contribution >= 0.6 is 7.82 Å². The van der Waals surface area contributed by atoms with Gasteiger partial charge in [0, 0.05) is 12.8 Å². The highest BCUT2D eigenvalue weighted by Crippen LogP contribution is 2.43. The summed E-state index contributed by atoms with van der Waals surface area (Å²) in [5.74, 6) is -0.553. The summed E-state index contributed by atoms with van der Waals surface area (Å²) < 4.78 is 30.6. The molecule has 3 unspecified atom stereocenters. The van der Waals surface area contributed by atoms with E-state index in [2.05, 4.69) is 99.0 Å². The third-order valence-electron chi connectivity index (χ3n) is 12.6. The van der Waals surface area contributed by atoms with Crippen LogP contribution in [0.2, 0.25) is 0 Å². The summed E-state index contributed by atoms with van der Waals surface area (Å²) in [4.78, 5) is 37.6. The summed E-state index contributed by atoms with van der Waals surface area (Å²) in [7, 11) is 1.46. The molecule has 0 aromatic carbocycles. The van der Waals surface area contributed by atoms with Gasteiger partial charge in [-0.3, -0.25) is 18.6 Å². The molecular formula is C62H112N2O7P+. The summed E-state index contributed by atoms with van der Waals surface area (Å²) in [5, 5.41) is 3.03. The molecule has 2 N–H and O–H groups in total. The van der Waals surface area contributed by atoms with E-state index in [4.69, 9.17) is 13.8 Å². The number of allylic oxidation sites excluding steroid dienone is 13. The Morgan fingerprint density at radius 3 is 1.38 bits per heavy atom. The third-order valence-corrected chi connectivity index (χ3v) is 13.6. The molecule has 72 heavy (non-hydrogen) atoms. The Labute approximate surface area is 444 Å². The van der Waals surface area contributed by atoms with Crippen LogP contribution in [0.5, 0.6) is 0 Å². The first kappa shape index (κ1) is 69.2. The molecule has 1 amide bonds. The van der Waals surface area contributed by atoms with E-state index in [0.29, 0.717) is 23.9 Å². The minimum absolute atomic E-state index is 0.0290. The Kier molecular flexibility index (Phi) is 49.6. The molecule has 0 aromatic rings. The van der Waals surface area contributed by atoms with Crippen LogP contribution in [0, 0.1) is 0 Å². The van der Waals surface area contributed by atoms with E-state index < -0.39 is 20.0 Å². The number of phosphoric ester groups is 1. The molecule has 9 nitrogen and oxygen atoms in total. The molecule has 0 saturated heterocycles. The first-order valence-electron chi connectivity index (χ1n) is 29.4. The number of likely N-dealkylation sites (N-methyl/N-ethyl adjacent to an activating group) is 1. The van der Waals surface area contributed by atoms with Crippen LogP contribution in [0.15, 0.2) is 85.1 Å². The van der Waals surface area contributed by atoms with E-state index in [0.717, 1.165) is 103 Å². The fraction of sp³-hybridized carbons (Fsp3) is 0.742. The maximum Gasteiger partial charge on any atom is 0.472 e. The van der Waals surface area contributed by atoms with Crippen molar-refractivity contribution in [3.8, 4) is 0 Å². The topological polar surface area (TPSA) is 111 Å². The number of nitrogens with one attached hydrogen (secondary N) is 1. The molecule has 0 aliphatic rings. The number of quaternary nitrogens is 1. The monoisotopic (exact) mass is 1030 g/mol. The lowest BCUT2D eigenvalue weighted by molar-refractivity contribution is -0.870. The second kappa shape index (κ2) is 51.7. The molecule has 416 valence electrons. The number of nitrogens with zero attached hydrogens (tertiary/aromatic N) is 1.